The average Bonchev–Trinajstić information content (AvgIpc) is 3.14. The lowest BCUT2D eigenvalue weighted by Gasteiger charge is -2.24. The first kappa shape index (κ1) is 13.8. The molecule has 2 saturated heterocycles. The minimum atomic E-state index is 0.188. The van der Waals surface area contributed by atoms with Crippen molar-refractivity contribution in [2.24, 2.45) is 0 Å². The van der Waals surface area contributed by atoms with Gasteiger partial charge in [-0.3, -0.25) is 0 Å². The number of piperidine rings is 1. The Balaban J connectivity index is 1.65. The molecule has 6 heteroatoms. The molecule has 0 spiro atoms. The number of hydrogen-bond acceptors (Lipinski definition) is 6. The molecule has 0 saturated carbocycles. The van der Waals surface area contributed by atoms with Crippen molar-refractivity contribution in [3.05, 3.63) is 5.89 Å². The molecule has 3 rings (SSSR count). The summed E-state index contributed by atoms with van der Waals surface area (Å²) in [5, 5.41) is 7.66. The SMILES string of the molecule is CCCNC1COCC1c1nc(N2CCCCC2)no1. The molecule has 1 N–H and O–H groups in total. The zero-order valence-corrected chi connectivity index (χ0v) is 12.2. The molecule has 1 aromatic rings. The lowest BCUT2D eigenvalue weighted by Crippen LogP contribution is -2.35. The molecule has 1 aromatic heterocycles. The molecule has 2 unspecified atom stereocenters. The summed E-state index contributed by atoms with van der Waals surface area (Å²) < 4.78 is 11.1. The Hall–Kier alpha value is -1.14. The van der Waals surface area contributed by atoms with Crippen molar-refractivity contribution in [2.45, 2.75) is 44.6 Å². The topological polar surface area (TPSA) is 63.4 Å². The van der Waals surface area contributed by atoms with Crippen molar-refractivity contribution in [2.75, 3.05) is 37.7 Å². The fraction of sp³-hybridized carbons (Fsp3) is 0.857. The van der Waals surface area contributed by atoms with E-state index in [0.717, 1.165) is 44.5 Å². The van der Waals surface area contributed by atoms with Gasteiger partial charge in [0.15, 0.2) is 0 Å². The van der Waals surface area contributed by atoms with Gasteiger partial charge >= 0.3 is 0 Å². The van der Waals surface area contributed by atoms with E-state index in [2.05, 4.69) is 27.3 Å². The van der Waals surface area contributed by atoms with Crippen molar-refractivity contribution in [1.82, 2.24) is 15.5 Å². The molecule has 20 heavy (non-hydrogen) atoms. The lowest BCUT2D eigenvalue weighted by atomic mass is 10.0. The maximum Gasteiger partial charge on any atom is 0.266 e. The summed E-state index contributed by atoms with van der Waals surface area (Å²) in [6.45, 7) is 6.64. The Morgan fingerprint density at radius 2 is 2.10 bits per heavy atom. The van der Waals surface area contributed by atoms with Gasteiger partial charge in [-0.1, -0.05) is 6.92 Å². The van der Waals surface area contributed by atoms with Gasteiger partial charge in [-0.25, -0.2) is 0 Å². The summed E-state index contributed by atoms with van der Waals surface area (Å²) >= 11 is 0. The van der Waals surface area contributed by atoms with Crippen LogP contribution < -0.4 is 10.2 Å². The number of rotatable bonds is 5. The van der Waals surface area contributed by atoms with Crippen molar-refractivity contribution in [3.8, 4) is 0 Å². The van der Waals surface area contributed by atoms with E-state index in [1.807, 2.05) is 0 Å². The first-order valence-corrected chi connectivity index (χ1v) is 7.78. The number of nitrogens with zero attached hydrogens (tertiary/aromatic N) is 3. The van der Waals surface area contributed by atoms with Crippen LogP contribution in [0.1, 0.15) is 44.4 Å². The number of hydrogen-bond donors (Lipinski definition) is 1. The number of anilines is 1. The van der Waals surface area contributed by atoms with Crippen LogP contribution in [0.3, 0.4) is 0 Å². The van der Waals surface area contributed by atoms with Crippen LogP contribution in [0, 0.1) is 0 Å². The second-order valence-electron chi connectivity index (χ2n) is 5.68. The van der Waals surface area contributed by atoms with Crippen LogP contribution in [0.4, 0.5) is 5.95 Å². The van der Waals surface area contributed by atoms with Gasteiger partial charge in [0.05, 0.1) is 19.1 Å². The molecular weight excluding hydrogens is 256 g/mol. The van der Waals surface area contributed by atoms with E-state index in [-0.39, 0.29) is 5.92 Å². The van der Waals surface area contributed by atoms with Gasteiger partial charge in [-0.15, -0.1) is 0 Å². The van der Waals surface area contributed by atoms with Crippen LogP contribution in [0.5, 0.6) is 0 Å². The molecule has 0 radical (unpaired) electrons. The highest BCUT2D eigenvalue weighted by Gasteiger charge is 2.34. The van der Waals surface area contributed by atoms with Gasteiger partial charge in [0.2, 0.25) is 5.89 Å². The predicted octanol–water partition coefficient (Wildman–Crippen LogP) is 1.54. The van der Waals surface area contributed by atoms with Gasteiger partial charge in [-0.05, 0) is 37.4 Å². The van der Waals surface area contributed by atoms with Gasteiger partial charge in [0.1, 0.15) is 0 Å². The minimum Gasteiger partial charge on any atom is -0.379 e. The summed E-state index contributed by atoms with van der Waals surface area (Å²) in [5.41, 5.74) is 0. The predicted molar refractivity (Wildman–Crippen MR) is 76.0 cm³/mol. The maximum atomic E-state index is 5.57. The number of nitrogens with one attached hydrogen (secondary N) is 1. The van der Waals surface area contributed by atoms with Crippen LogP contribution in [0.15, 0.2) is 4.52 Å². The number of aromatic nitrogens is 2. The molecule has 0 aliphatic carbocycles. The van der Waals surface area contributed by atoms with Gasteiger partial charge in [0.25, 0.3) is 5.95 Å². The van der Waals surface area contributed by atoms with E-state index in [9.17, 15) is 0 Å². The Morgan fingerprint density at radius 3 is 2.90 bits per heavy atom. The fourth-order valence-electron chi connectivity index (χ4n) is 2.93. The summed E-state index contributed by atoms with van der Waals surface area (Å²) in [7, 11) is 0. The summed E-state index contributed by atoms with van der Waals surface area (Å²) in [5.74, 6) is 1.66. The highest BCUT2D eigenvalue weighted by molar-refractivity contribution is 5.28. The number of ether oxygens (including phenoxy) is 1. The highest BCUT2D eigenvalue weighted by atomic mass is 16.5. The van der Waals surface area contributed by atoms with Crippen LogP contribution >= 0.6 is 0 Å². The normalized spacial score (nSPS) is 27.1. The molecular formula is C14H24N4O2. The molecule has 2 atom stereocenters. The molecule has 0 bridgehead atoms. The van der Waals surface area contributed by atoms with Crippen molar-refractivity contribution < 1.29 is 9.26 Å². The van der Waals surface area contributed by atoms with E-state index >= 15 is 0 Å². The van der Waals surface area contributed by atoms with Crippen molar-refractivity contribution >= 4 is 5.95 Å². The average molecular weight is 280 g/mol. The molecule has 112 valence electrons. The Kier molecular flexibility index (Phi) is 4.52. The molecule has 2 fully saturated rings. The molecule has 2 aliphatic heterocycles. The Labute approximate surface area is 119 Å². The standard InChI is InChI=1S/C14H24N4O2/c1-2-6-15-12-10-19-9-11(12)13-16-14(17-20-13)18-7-4-3-5-8-18/h11-12,15H,2-10H2,1H3. The van der Waals surface area contributed by atoms with Crippen LogP contribution in [-0.4, -0.2) is 49.0 Å². The first-order valence-electron chi connectivity index (χ1n) is 7.78. The largest absolute Gasteiger partial charge is 0.379 e. The molecule has 3 heterocycles. The van der Waals surface area contributed by atoms with E-state index < -0.39 is 0 Å². The lowest BCUT2D eigenvalue weighted by molar-refractivity contribution is 0.184. The van der Waals surface area contributed by atoms with Crippen LogP contribution in [0.2, 0.25) is 0 Å². The highest BCUT2D eigenvalue weighted by Crippen LogP contribution is 2.26. The molecule has 6 nitrogen and oxygen atoms in total. The van der Waals surface area contributed by atoms with Crippen LogP contribution in [0.25, 0.3) is 0 Å². The smallest absolute Gasteiger partial charge is 0.266 e. The minimum absolute atomic E-state index is 0.188. The third kappa shape index (κ3) is 2.96. The molecule has 2 aliphatic rings. The third-order valence-corrected chi connectivity index (χ3v) is 4.12. The quantitative estimate of drug-likeness (QED) is 0.882. The molecule has 0 aromatic carbocycles. The Morgan fingerprint density at radius 1 is 1.25 bits per heavy atom. The second kappa shape index (κ2) is 6.54. The molecule has 0 amide bonds. The summed E-state index contributed by atoms with van der Waals surface area (Å²) in [6, 6.07) is 0.296. The maximum absolute atomic E-state index is 5.57. The first-order chi connectivity index (χ1) is 9.88. The summed E-state index contributed by atoms with van der Waals surface area (Å²) in [4.78, 5) is 6.83. The van der Waals surface area contributed by atoms with Gasteiger partial charge in [-0.2, -0.15) is 4.98 Å². The van der Waals surface area contributed by atoms with E-state index in [4.69, 9.17) is 9.26 Å². The zero-order chi connectivity index (χ0) is 13.8. The van der Waals surface area contributed by atoms with E-state index in [0.29, 0.717) is 12.6 Å². The van der Waals surface area contributed by atoms with E-state index in [1.165, 1.54) is 19.3 Å². The fourth-order valence-corrected chi connectivity index (χ4v) is 2.93. The van der Waals surface area contributed by atoms with Crippen molar-refractivity contribution in [3.63, 3.8) is 0 Å². The zero-order valence-electron chi connectivity index (χ0n) is 12.2. The second-order valence-corrected chi connectivity index (χ2v) is 5.68. The van der Waals surface area contributed by atoms with Gasteiger partial charge in [0, 0.05) is 19.1 Å². The third-order valence-electron chi connectivity index (χ3n) is 4.12. The van der Waals surface area contributed by atoms with E-state index in [1.54, 1.807) is 0 Å². The Bertz CT molecular complexity index is 417. The van der Waals surface area contributed by atoms with Gasteiger partial charge < -0.3 is 19.5 Å². The monoisotopic (exact) mass is 280 g/mol. The van der Waals surface area contributed by atoms with Crippen molar-refractivity contribution in [1.29, 1.82) is 0 Å². The summed E-state index contributed by atoms with van der Waals surface area (Å²) in [6.07, 6.45) is 4.86. The van der Waals surface area contributed by atoms with Crippen LogP contribution in [-0.2, 0) is 4.74 Å².